The Morgan fingerprint density at radius 3 is 2.67 bits per heavy atom. The largest absolute Gasteiger partial charge is 0.378 e. The van der Waals surface area contributed by atoms with Gasteiger partial charge >= 0.3 is 0 Å². The Balaban J connectivity index is 1.97. The molecule has 0 aromatic heterocycles. The topological polar surface area (TPSA) is 9.23 Å². The fourth-order valence-corrected chi connectivity index (χ4v) is 3.29. The molecule has 1 nitrogen and oxygen atoms in total. The fraction of sp³-hybridized carbons (Fsp3) is 1.00. The van der Waals surface area contributed by atoms with E-state index >= 15 is 0 Å². The average Bonchev–Trinajstić information content (AvgIpc) is 2.50. The SMILES string of the molecule is CC1(C)C(CCl)C1C1CCCO1. The van der Waals surface area contributed by atoms with E-state index in [9.17, 15) is 0 Å². The standard InChI is InChI=1S/C10H17ClO/c1-10(2)7(6-11)9(10)8-4-3-5-12-8/h7-9H,3-6H2,1-2H3. The number of alkyl halides is 1. The molecule has 1 saturated carbocycles. The van der Waals surface area contributed by atoms with Crippen LogP contribution in [0.25, 0.3) is 0 Å². The Morgan fingerprint density at radius 2 is 2.25 bits per heavy atom. The Hall–Kier alpha value is 0.250. The van der Waals surface area contributed by atoms with Gasteiger partial charge in [-0.15, -0.1) is 11.6 Å². The molecule has 0 aromatic rings. The third-order valence-electron chi connectivity index (χ3n) is 3.67. The summed E-state index contributed by atoms with van der Waals surface area (Å²) in [6, 6.07) is 0. The molecular weight excluding hydrogens is 172 g/mol. The van der Waals surface area contributed by atoms with Crippen LogP contribution in [0.3, 0.4) is 0 Å². The second kappa shape index (κ2) is 2.88. The summed E-state index contributed by atoms with van der Waals surface area (Å²) in [5.41, 5.74) is 0.441. The summed E-state index contributed by atoms with van der Waals surface area (Å²) in [4.78, 5) is 0. The van der Waals surface area contributed by atoms with Crippen molar-refractivity contribution in [2.45, 2.75) is 32.8 Å². The number of rotatable bonds is 2. The Kier molecular flexibility index (Phi) is 2.12. The van der Waals surface area contributed by atoms with E-state index in [-0.39, 0.29) is 0 Å². The second-order valence-electron chi connectivity index (χ2n) is 4.66. The maximum absolute atomic E-state index is 5.90. The molecule has 0 radical (unpaired) electrons. The van der Waals surface area contributed by atoms with E-state index in [1.807, 2.05) is 0 Å². The highest BCUT2D eigenvalue weighted by molar-refractivity contribution is 6.18. The molecule has 70 valence electrons. The van der Waals surface area contributed by atoms with E-state index in [1.54, 1.807) is 0 Å². The van der Waals surface area contributed by atoms with Crippen LogP contribution in [0.4, 0.5) is 0 Å². The minimum Gasteiger partial charge on any atom is -0.378 e. The quantitative estimate of drug-likeness (QED) is 0.606. The summed E-state index contributed by atoms with van der Waals surface area (Å²) < 4.78 is 5.69. The zero-order valence-electron chi connectivity index (χ0n) is 7.85. The van der Waals surface area contributed by atoms with Gasteiger partial charge < -0.3 is 4.74 Å². The van der Waals surface area contributed by atoms with Crippen LogP contribution in [0.1, 0.15) is 26.7 Å². The molecule has 3 unspecified atom stereocenters. The van der Waals surface area contributed by atoms with Crippen molar-refractivity contribution in [2.24, 2.45) is 17.3 Å². The smallest absolute Gasteiger partial charge is 0.0612 e. The van der Waals surface area contributed by atoms with Crippen molar-refractivity contribution in [3.63, 3.8) is 0 Å². The summed E-state index contributed by atoms with van der Waals surface area (Å²) in [5.74, 6) is 2.23. The molecule has 2 rings (SSSR count). The average molecular weight is 189 g/mol. The zero-order valence-corrected chi connectivity index (χ0v) is 8.60. The van der Waals surface area contributed by atoms with E-state index in [1.165, 1.54) is 12.8 Å². The third kappa shape index (κ3) is 1.18. The van der Waals surface area contributed by atoms with Gasteiger partial charge in [0.15, 0.2) is 0 Å². The molecule has 1 aliphatic carbocycles. The first-order chi connectivity index (χ1) is 5.68. The van der Waals surface area contributed by atoms with E-state index in [0.29, 0.717) is 17.4 Å². The first kappa shape index (κ1) is 8.83. The molecule has 3 atom stereocenters. The minimum atomic E-state index is 0.441. The Bertz CT molecular complexity index is 173. The molecule has 2 heteroatoms. The van der Waals surface area contributed by atoms with Gasteiger partial charge in [-0.05, 0) is 30.1 Å². The van der Waals surface area contributed by atoms with Crippen LogP contribution in [0.2, 0.25) is 0 Å². The Labute approximate surface area is 79.4 Å². The Morgan fingerprint density at radius 1 is 1.50 bits per heavy atom. The van der Waals surface area contributed by atoms with E-state index in [4.69, 9.17) is 16.3 Å². The monoisotopic (exact) mass is 188 g/mol. The van der Waals surface area contributed by atoms with Crippen LogP contribution in [-0.2, 0) is 4.74 Å². The number of halogens is 1. The normalized spacial score (nSPS) is 44.8. The maximum Gasteiger partial charge on any atom is 0.0612 e. The lowest BCUT2D eigenvalue weighted by Crippen LogP contribution is -2.11. The van der Waals surface area contributed by atoms with Gasteiger partial charge in [0.1, 0.15) is 0 Å². The molecule has 0 spiro atoms. The highest BCUT2D eigenvalue weighted by Gasteiger charge is 2.60. The molecule has 0 N–H and O–H groups in total. The number of hydrogen-bond donors (Lipinski definition) is 0. The predicted molar refractivity (Wildman–Crippen MR) is 50.5 cm³/mol. The van der Waals surface area contributed by atoms with Crippen molar-refractivity contribution in [1.82, 2.24) is 0 Å². The van der Waals surface area contributed by atoms with Gasteiger partial charge in [0.05, 0.1) is 6.10 Å². The lowest BCUT2D eigenvalue weighted by molar-refractivity contribution is 0.0824. The van der Waals surface area contributed by atoms with Gasteiger partial charge in [0.25, 0.3) is 0 Å². The van der Waals surface area contributed by atoms with Gasteiger partial charge in [-0.2, -0.15) is 0 Å². The van der Waals surface area contributed by atoms with Crippen molar-refractivity contribution < 1.29 is 4.74 Å². The van der Waals surface area contributed by atoms with Gasteiger partial charge in [0, 0.05) is 12.5 Å². The van der Waals surface area contributed by atoms with E-state index < -0.39 is 0 Å². The third-order valence-corrected chi connectivity index (χ3v) is 4.00. The number of hydrogen-bond acceptors (Lipinski definition) is 1. The maximum atomic E-state index is 5.90. The molecule has 1 heterocycles. The van der Waals surface area contributed by atoms with Crippen LogP contribution in [-0.4, -0.2) is 18.6 Å². The lowest BCUT2D eigenvalue weighted by atomic mass is 10.0. The molecule has 2 fully saturated rings. The van der Waals surface area contributed by atoms with Crippen molar-refractivity contribution in [2.75, 3.05) is 12.5 Å². The highest BCUT2D eigenvalue weighted by atomic mass is 35.5. The van der Waals surface area contributed by atoms with Crippen LogP contribution < -0.4 is 0 Å². The molecule has 0 amide bonds. The molecule has 12 heavy (non-hydrogen) atoms. The van der Waals surface area contributed by atoms with E-state index in [2.05, 4.69) is 13.8 Å². The second-order valence-corrected chi connectivity index (χ2v) is 4.97. The predicted octanol–water partition coefficient (Wildman–Crippen LogP) is 2.68. The van der Waals surface area contributed by atoms with Crippen LogP contribution >= 0.6 is 11.6 Å². The van der Waals surface area contributed by atoms with Crippen molar-refractivity contribution in [3.05, 3.63) is 0 Å². The molecule has 1 saturated heterocycles. The first-order valence-electron chi connectivity index (χ1n) is 4.85. The van der Waals surface area contributed by atoms with Gasteiger partial charge in [0.2, 0.25) is 0 Å². The van der Waals surface area contributed by atoms with Gasteiger partial charge in [-0.25, -0.2) is 0 Å². The van der Waals surface area contributed by atoms with E-state index in [0.717, 1.165) is 18.4 Å². The highest BCUT2D eigenvalue weighted by Crippen LogP contribution is 2.62. The summed E-state index contributed by atoms with van der Waals surface area (Å²) in [6.45, 7) is 5.59. The molecule has 1 aliphatic heterocycles. The summed E-state index contributed by atoms with van der Waals surface area (Å²) in [5, 5.41) is 0. The van der Waals surface area contributed by atoms with Crippen molar-refractivity contribution in [3.8, 4) is 0 Å². The van der Waals surface area contributed by atoms with Crippen LogP contribution in [0, 0.1) is 17.3 Å². The lowest BCUT2D eigenvalue weighted by Gasteiger charge is -2.09. The van der Waals surface area contributed by atoms with Crippen LogP contribution in [0.5, 0.6) is 0 Å². The molecule has 2 aliphatic rings. The van der Waals surface area contributed by atoms with Crippen LogP contribution in [0.15, 0.2) is 0 Å². The summed E-state index contributed by atoms with van der Waals surface area (Å²) in [7, 11) is 0. The first-order valence-corrected chi connectivity index (χ1v) is 5.39. The fourth-order valence-electron chi connectivity index (χ4n) is 2.71. The van der Waals surface area contributed by atoms with Gasteiger partial charge in [-0.3, -0.25) is 0 Å². The van der Waals surface area contributed by atoms with Crippen molar-refractivity contribution in [1.29, 1.82) is 0 Å². The zero-order chi connectivity index (χ0) is 8.77. The number of ether oxygens (including phenoxy) is 1. The minimum absolute atomic E-state index is 0.441. The molecule has 0 bridgehead atoms. The summed E-state index contributed by atoms with van der Waals surface area (Å²) >= 11 is 5.90. The summed E-state index contributed by atoms with van der Waals surface area (Å²) in [6.07, 6.45) is 3.01. The molecular formula is C10H17ClO. The van der Waals surface area contributed by atoms with Crippen molar-refractivity contribution >= 4 is 11.6 Å². The van der Waals surface area contributed by atoms with Gasteiger partial charge in [-0.1, -0.05) is 13.8 Å². The molecule has 0 aromatic carbocycles.